The predicted molar refractivity (Wildman–Crippen MR) is 57.3 cm³/mol. The molecular weight excluding hydrogens is 190 g/mol. The maximum absolute atomic E-state index is 11.5. The normalized spacial score (nSPS) is 25.3. The topological polar surface area (TPSA) is 49.3 Å². The van der Waals surface area contributed by atoms with Crippen molar-refractivity contribution in [1.82, 2.24) is 5.32 Å². The molecule has 0 radical (unpaired) electrons. The highest BCUT2D eigenvalue weighted by Crippen LogP contribution is 2.19. The van der Waals surface area contributed by atoms with E-state index in [-0.39, 0.29) is 24.5 Å². The smallest absolute Gasteiger partial charge is 0.223 e. The molecule has 1 aliphatic rings. The molecule has 0 aromatic heterocycles. The Hall–Kier alpha value is -1.35. The van der Waals surface area contributed by atoms with Crippen LogP contribution in [0.15, 0.2) is 30.3 Å². The van der Waals surface area contributed by atoms with Crippen molar-refractivity contribution >= 4 is 5.91 Å². The monoisotopic (exact) mass is 205 g/mol. The molecule has 2 atom stereocenters. The first kappa shape index (κ1) is 10.2. The van der Waals surface area contributed by atoms with E-state index >= 15 is 0 Å². The van der Waals surface area contributed by atoms with Gasteiger partial charge in [-0.1, -0.05) is 30.3 Å². The first-order valence-electron chi connectivity index (χ1n) is 5.24. The van der Waals surface area contributed by atoms with Gasteiger partial charge in [0.1, 0.15) is 0 Å². The lowest BCUT2D eigenvalue weighted by Crippen LogP contribution is -2.29. The molecule has 1 aliphatic heterocycles. The molecule has 1 aromatic rings. The van der Waals surface area contributed by atoms with E-state index in [0.29, 0.717) is 0 Å². The number of aliphatic hydroxyl groups is 1. The van der Waals surface area contributed by atoms with E-state index in [1.807, 2.05) is 30.3 Å². The van der Waals surface area contributed by atoms with Gasteiger partial charge in [-0.3, -0.25) is 4.79 Å². The van der Waals surface area contributed by atoms with Crippen LogP contribution >= 0.6 is 0 Å². The van der Waals surface area contributed by atoms with Crippen LogP contribution in [0.5, 0.6) is 0 Å². The molecule has 1 saturated heterocycles. The van der Waals surface area contributed by atoms with Gasteiger partial charge in [-0.05, 0) is 18.4 Å². The van der Waals surface area contributed by atoms with E-state index in [4.69, 9.17) is 5.11 Å². The van der Waals surface area contributed by atoms with Gasteiger partial charge in [0.2, 0.25) is 5.91 Å². The summed E-state index contributed by atoms with van der Waals surface area (Å²) in [5.41, 5.74) is 1.18. The Balaban J connectivity index is 1.99. The molecule has 2 rings (SSSR count). The van der Waals surface area contributed by atoms with Gasteiger partial charge in [0.25, 0.3) is 0 Å². The highest BCUT2D eigenvalue weighted by molar-refractivity contribution is 5.81. The standard InChI is InChI=1S/C12H15NO2/c14-8-11-7-10(12(15)13-11)6-9-4-2-1-3-5-9/h1-5,10-11,14H,6-8H2,(H,13,15)/t10-,11-/m0/s1. The maximum Gasteiger partial charge on any atom is 0.223 e. The summed E-state index contributed by atoms with van der Waals surface area (Å²) in [5.74, 6) is 0.0856. The summed E-state index contributed by atoms with van der Waals surface area (Å²) < 4.78 is 0. The third-order valence-electron chi connectivity index (χ3n) is 2.83. The van der Waals surface area contributed by atoms with Crippen LogP contribution in [-0.4, -0.2) is 23.7 Å². The number of hydrogen-bond donors (Lipinski definition) is 2. The highest BCUT2D eigenvalue weighted by atomic mass is 16.3. The van der Waals surface area contributed by atoms with Crippen molar-refractivity contribution in [3.63, 3.8) is 0 Å². The first-order chi connectivity index (χ1) is 7.29. The second-order valence-corrected chi connectivity index (χ2v) is 4.01. The van der Waals surface area contributed by atoms with Gasteiger partial charge in [0, 0.05) is 5.92 Å². The van der Waals surface area contributed by atoms with Crippen molar-refractivity contribution in [1.29, 1.82) is 0 Å². The Labute approximate surface area is 89.1 Å². The van der Waals surface area contributed by atoms with E-state index in [1.54, 1.807) is 0 Å². The summed E-state index contributed by atoms with van der Waals surface area (Å²) in [6.45, 7) is 0.0387. The zero-order chi connectivity index (χ0) is 10.7. The number of rotatable bonds is 3. The van der Waals surface area contributed by atoms with E-state index < -0.39 is 0 Å². The minimum absolute atomic E-state index is 0.0181. The molecule has 0 bridgehead atoms. The Morgan fingerprint density at radius 1 is 1.33 bits per heavy atom. The van der Waals surface area contributed by atoms with Crippen LogP contribution < -0.4 is 5.32 Å². The zero-order valence-electron chi connectivity index (χ0n) is 8.52. The number of nitrogens with one attached hydrogen (secondary N) is 1. The average Bonchev–Trinajstić information content (AvgIpc) is 2.61. The number of carbonyl (C=O) groups is 1. The Morgan fingerprint density at radius 3 is 2.67 bits per heavy atom. The zero-order valence-corrected chi connectivity index (χ0v) is 8.52. The molecule has 1 fully saturated rings. The quantitative estimate of drug-likeness (QED) is 0.764. The van der Waals surface area contributed by atoms with Gasteiger partial charge in [-0.25, -0.2) is 0 Å². The fourth-order valence-electron chi connectivity index (χ4n) is 2.02. The molecule has 15 heavy (non-hydrogen) atoms. The van der Waals surface area contributed by atoms with Crippen LogP contribution in [0.2, 0.25) is 0 Å². The molecule has 0 saturated carbocycles. The lowest BCUT2D eigenvalue weighted by molar-refractivity contribution is -0.122. The number of aliphatic hydroxyl groups excluding tert-OH is 1. The number of benzene rings is 1. The van der Waals surface area contributed by atoms with E-state index in [1.165, 1.54) is 5.56 Å². The van der Waals surface area contributed by atoms with E-state index in [0.717, 1.165) is 12.8 Å². The molecule has 3 heteroatoms. The van der Waals surface area contributed by atoms with Crippen molar-refractivity contribution < 1.29 is 9.90 Å². The molecule has 80 valence electrons. The largest absolute Gasteiger partial charge is 0.394 e. The minimum atomic E-state index is -0.0498. The van der Waals surface area contributed by atoms with Crippen LogP contribution in [0.3, 0.4) is 0 Å². The van der Waals surface area contributed by atoms with Crippen molar-refractivity contribution in [2.75, 3.05) is 6.61 Å². The second-order valence-electron chi connectivity index (χ2n) is 4.01. The van der Waals surface area contributed by atoms with Gasteiger partial charge >= 0.3 is 0 Å². The van der Waals surface area contributed by atoms with Crippen molar-refractivity contribution in [2.24, 2.45) is 5.92 Å². The molecule has 0 spiro atoms. The SMILES string of the molecule is O=C1N[C@H](CO)C[C@@H]1Cc1ccccc1. The van der Waals surface area contributed by atoms with Gasteiger partial charge in [-0.2, -0.15) is 0 Å². The molecule has 2 N–H and O–H groups in total. The summed E-state index contributed by atoms with van der Waals surface area (Å²) in [6, 6.07) is 9.93. The summed E-state index contributed by atoms with van der Waals surface area (Å²) in [6.07, 6.45) is 1.51. The van der Waals surface area contributed by atoms with Crippen LogP contribution in [-0.2, 0) is 11.2 Å². The number of amides is 1. The van der Waals surface area contributed by atoms with Crippen LogP contribution in [0.1, 0.15) is 12.0 Å². The predicted octanol–water partition coefficient (Wildman–Crippen LogP) is 0.726. The summed E-state index contributed by atoms with van der Waals surface area (Å²) in [4.78, 5) is 11.5. The molecule has 0 unspecified atom stereocenters. The van der Waals surface area contributed by atoms with Gasteiger partial charge in [0.15, 0.2) is 0 Å². The highest BCUT2D eigenvalue weighted by Gasteiger charge is 2.31. The fourth-order valence-corrected chi connectivity index (χ4v) is 2.02. The number of hydrogen-bond acceptors (Lipinski definition) is 2. The molecule has 3 nitrogen and oxygen atoms in total. The van der Waals surface area contributed by atoms with Gasteiger partial charge in [-0.15, -0.1) is 0 Å². The molecule has 1 heterocycles. The third-order valence-corrected chi connectivity index (χ3v) is 2.83. The van der Waals surface area contributed by atoms with Crippen molar-refractivity contribution in [3.05, 3.63) is 35.9 Å². The average molecular weight is 205 g/mol. The summed E-state index contributed by atoms with van der Waals surface area (Å²) in [5, 5.41) is 11.7. The van der Waals surface area contributed by atoms with Gasteiger partial charge < -0.3 is 10.4 Å². The van der Waals surface area contributed by atoms with Gasteiger partial charge in [0.05, 0.1) is 12.6 Å². The Morgan fingerprint density at radius 2 is 2.07 bits per heavy atom. The minimum Gasteiger partial charge on any atom is -0.394 e. The Bertz CT molecular complexity index is 337. The lowest BCUT2D eigenvalue weighted by atomic mass is 9.96. The molecule has 1 aromatic carbocycles. The molecule has 0 aliphatic carbocycles. The van der Waals surface area contributed by atoms with Crippen molar-refractivity contribution in [2.45, 2.75) is 18.9 Å². The van der Waals surface area contributed by atoms with Crippen LogP contribution in [0.25, 0.3) is 0 Å². The summed E-state index contributed by atoms with van der Waals surface area (Å²) >= 11 is 0. The number of carbonyl (C=O) groups excluding carboxylic acids is 1. The van der Waals surface area contributed by atoms with Crippen LogP contribution in [0, 0.1) is 5.92 Å². The fraction of sp³-hybridized carbons (Fsp3) is 0.417. The molecule has 1 amide bonds. The summed E-state index contributed by atoms with van der Waals surface area (Å²) in [7, 11) is 0. The van der Waals surface area contributed by atoms with Crippen LogP contribution in [0.4, 0.5) is 0 Å². The maximum atomic E-state index is 11.5. The third kappa shape index (κ3) is 2.36. The first-order valence-corrected chi connectivity index (χ1v) is 5.24. The lowest BCUT2D eigenvalue weighted by Gasteiger charge is -2.06. The molecular formula is C12H15NO2. The van der Waals surface area contributed by atoms with E-state index in [9.17, 15) is 4.79 Å². The second kappa shape index (κ2) is 4.45. The van der Waals surface area contributed by atoms with E-state index in [2.05, 4.69) is 5.32 Å². The van der Waals surface area contributed by atoms with Crippen molar-refractivity contribution in [3.8, 4) is 0 Å². The Kier molecular flexibility index (Phi) is 3.02.